The summed E-state index contributed by atoms with van der Waals surface area (Å²) in [4.78, 5) is 2.70. The van der Waals surface area contributed by atoms with Crippen LogP contribution in [0.4, 0.5) is 0 Å². The van der Waals surface area contributed by atoms with E-state index in [2.05, 4.69) is 46.4 Å². The highest BCUT2D eigenvalue weighted by atomic mass is 16.5. The average molecular weight is 404 g/mol. The predicted octanol–water partition coefficient (Wildman–Crippen LogP) is 5.59. The minimum absolute atomic E-state index is 0.0349. The molecule has 4 heteroatoms. The van der Waals surface area contributed by atoms with Crippen LogP contribution in [0.25, 0.3) is 22.0 Å². The lowest BCUT2D eigenvalue weighted by Gasteiger charge is -2.45. The van der Waals surface area contributed by atoms with Crippen LogP contribution < -0.4 is 4.74 Å². The Kier molecular flexibility index (Phi) is 5.06. The molecule has 1 saturated carbocycles. The Labute approximate surface area is 179 Å². The van der Waals surface area contributed by atoms with Gasteiger partial charge in [0.25, 0.3) is 0 Å². The first-order valence-corrected chi connectivity index (χ1v) is 11.7. The van der Waals surface area contributed by atoms with Crippen LogP contribution in [-0.4, -0.2) is 39.4 Å². The number of rotatable bonds is 2. The van der Waals surface area contributed by atoms with E-state index in [-0.39, 0.29) is 5.60 Å². The van der Waals surface area contributed by atoms with Crippen molar-refractivity contribution in [1.82, 2.24) is 14.7 Å². The van der Waals surface area contributed by atoms with Crippen molar-refractivity contribution in [1.29, 1.82) is 0 Å². The molecule has 6 rings (SSSR count). The molecular weight excluding hydrogens is 370 g/mol. The predicted molar refractivity (Wildman–Crippen MR) is 123 cm³/mol. The quantitative estimate of drug-likeness (QED) is 0.559. The molecular formula is C26H33N3O. The Hall–Kier alpha value is -2.33. The van der Waals surface area contributed by atoms with Crippen molar-refractivity contribution >= 4 is 10.9 Å². The molecule has 2 aromatic carbocycles. The summed E-state index contributed by atoms with van der Waals surface area (Å²) in [6, 6.07) is 14.2. The number of aryl methyl sites for hydroxylation is 1. The second-order valence-corrected chi connectivity index (χ2v) is 8.95. The van der Waals surface area contributed by atoms with Gasteiger partial charge in [-0.3, -0.25) is 4.68 Å². The third-order valence-corrected chi connectivity index (χ3v) is 7.28. The van der Waals surface area contributed by atoms with Gasteiger partial charge in [-0.2, -0.15) is 5.10 Å². The van der Waals surface area contributed by atoms with Gasteiger partial charge in [-0.15, -0.1) is 0 Å². The van der Waals surface area contributed by atoms with Gasteiger partial charge in [0.15, 0.2) is 0 Å². The normalized spacial score (nSPS) is 20.4. The Morgan fingerprint density at radius 2 is 1.73 bits per heavy atom. The minimum Gasteiger partial charge on any atom is -0.487 e. The van der Waals surface area contributed by atoms with E-state index in [4.69, 9.17) is 4.74 Å². The number of ether oxygens (including phenoxy) is 1. The Morgan fingerprint density at radius 1 is 1.00 bits per heavy atom. The van der Waals surface area contributed by atoms with Crippen molar-refractivity contribution in [3.8, 4) is 16.9 Å². The molecule has 2 aliphatic heterocycles. The molecule has 1 spiro atoms. The number of piperidine rings is 1. The van der Waals surface area contributed by atoms with E-state index in [0.29, 0.717) is 0 Å². The van der Waals surface area contributed by atoms with Crippen molar-refractivity contribution in [3.63, 3.8) is 0 Å². The molecule has 3 aromatic rings. The van der Waals surface area contributed by atoms with Gasteiger partial charge in [0, 0.05) is 50.8 Å². The molecule has 1 saturated heterocycles. The molecule has 2 fully saturated rings. The standard InChI is InChI=1S/C24H27N3O.C2H6/c1-26-22-14-18(5-6-19(22)16-25-26)17-7-8-23-20(13-17)15-24(28-23)9-11-27(12-10-24)21-3-2-4-21;1-2/h5-8,13-14,16,21H,2-4,9-12,15H2,1H3;1-2H3. The van der Waals surface area contributed by atoms with Gasteiger partial charge in [0.1, 0.15) is 11.4 Å². The molecule has 0 amide bonds. The van der Waals surface area contributed by atoms with Crippen LogP contribution in [-0.2, 0) is 13.5 Å². The zero-order valence-electron chi connectivity index (χ0n) is 18.5. The summed E-state index contributed by atoms with van der Waals surface area (Å²) in [5.41, 5.74) is 5.11. The topological polar surface area (TPSA) is 30.3 Å². The summed E-state index contributed by atoms with van der Waals surface area (Å²) >= 11 is 0. The Bertz CT molecular complexity index is 1040. The molecule has 0 N–H and O–H groups in total. The number of aromatic nitrogens is 2. The van der Waals surface area contributed by atoms with Crippen LogP contribution in [0.15, 0.2) is 42.6 Å². The van der Waals surface area contributed by atoms with Gasteiger partial charge in [-0.25, -0.2) is 0 Å². The fraction of sp³-hybridized carbons (Fsp3) is 0.500. The molecule has 30 heavy (non-hydrogen) atoms. The van der Waals surface area contributed by atoms with Crippen molar-refractivity contribution in [2.75, 3.05) is 13.1 Å². The Morgan fingerprint density at radius 3 is 2.47 bits per heavy atom. The van der Waals surface area contributed by atoms with Gasteiger partial charge in [0.2, 0.25) is 0 Å². The highest BCUT2D eigenvalue weighted by Crippen LogP contribution is 2.43. The summed E-state index contributed by atoms with van der Waals surface area (Å²) in [6.07, 6.45) is 9.53. The molecule has 158 valence electrons. The first-order chi connectivity index (χ1) is 14.7. The van der Waals surface area contributed by atoms with Gasteiger partial charge >= 0.3 is 0 Å². The van der Waals surface area contributed by atoms with E-state index in [0.717, 1.165) is 31.1 Å². The molecule has 1 aliphatic carbocycles. The van der Waals surface area contributed by atoms with Gasteiger partial charge in [-0.05, 0) is 47.7 Å². The summed E-state index contributed by atoms with van der Waals surface area (Å²) in [6.45, 7) is 6.39. The lowest BCUT2D eigenvalue weighted by Crippen LogP contribution is -2.52. The van der Waals surface area contributed by atoms with E-state index in [1.807, 2.05) is 31.8 Å². The van der Waals surface area contributed by atoms with Crippen LogP contribution in [0.1, 0.15) is 51.5 Å². The third-order valence-electron chi connectivity index (χ3n) is 7.28. The monoisotopic (exact) mass is 403 g/mol. The molecule has 3 heterocycles. The molecule has 1 aromatic heterocycles. The number of likely N-dealkylation sites (tertiary alicyclic amines) is 1. The van der Waals surface area contributed by atoms with Crippen molar-refractivity contribution in [2.45, 2.75) is 64.0 Å². The molecule has 0 radical (unpaired) electrons. The van der Waals surface area contributed by atoms with E-state index in [9.17, 15) is 0 Å². The molecule has 4 nitrogen and oxygen atoms in total. The molecule has 3 aliphatic rings. The SMILES string of the molecule is CC.Cn1ncc2ccc(-c3ccc4c(c3)CC3(CCN(C5CCC5)CC3)O4)cc21. The van der Waals surface area contributed by atoms with Crippen LogP contribution in [0.2, 0.25) is 0 Å². The fourth-order valence-corrected chi connectivity index (χ4v) is 5.26. The maximum absolute atomic E-state index is 6.54. The smallest absolute Gasteiger partial charge is 0.123 e. The number of hydrogen-bond donors (Lipinski definition) is 0. The number of benzene rings is 2. The highest BCUT2D eigenvalue weighted by molar-refractivity contribution is 5.84. The van der Waals surface area contributed by atoms with E-state index >= 15 is 0 Å². The van der Waals surface area contributed by atoms with E-state index in [1.165, 1.54) is 59.9 Å². The largest absolute Gasteiger partial charge is 0.487 e. The van der Waals surface area contributed by atoms with E-state index in [1.54, 1.807) is 0 Å². The van der Waals surface area contributed by atoms with E-state index < -0.39 is 0 Å². The van der Waals surface area contributed by atoms with Crippen molar-refractivity contribution in [2.24, 2.45) is 7.05 Å². The maximum Gasteiger partial charge on any atom is 0.123 e. The van der Waals surface area contributed by atoms with Crippen LogP contribution >= 0.6 is 0 Å². The van der Waals surface area contributed by atoms with Gasteiger partial charge in [0.05, 0.1) is 11.7 Å². The summed E-state index contributed by atoms with van der Waals surface area (Å²) in [7, 11) is 2.00. The van der Waals surface area contributed by atoms with Gasteiger partial charge in [-0.1, -0.05) is 38.5 Å². The lowest BCUT2D eigenvalue weighted by atomic mass is 9.83. The van der Waals surface area contributed by atoms with Crippen LogP contribution in [0.5, 0.6) is 5.75 Å². The summed E-state index contributed by atoms with van der Waals surface area (Å²) in [5, 5.41) is 5.55. The number of fused-ring (bicyclic) bond motifs is 2. The number of nitrogens with zero attached hydrogens (tertiary/aromatic N) is 3. The van der Waals surface area contributed by atoms with Crippen LogP contribution in [0.3, 0.4) is 0 Å². The zero-order valence-corrected chi connectivity index (χ0v) is 18.5. The zero-order chi connectivity index (χ0) is 20.7. The second-order valence-electron chi connectivity index (χ2n) is 8.95. The van der Waals surface area contributed by atoms with Crippen molar-refractivity contribution in [3.05, 3.63) is 48.2 Å². The van der Waals surface area contributed by atoms with Gasteiger partial charge < -0.3 is 9.64 Å². The summed E-state index contributed by atoms with van der Waals surface area (Å²) in [5.74, 6) is 1.10. The fourth-order valence-electron chi connectivity index (χ4n) is 5.26. The minimum atomic E-state index is 0.0349. The molecule has 0 atom stereocenters. The third kappa shape index (κ3) is 3.31. The molecule has 0 unspecified atom stereocenters. The van der Waals surface area contributed by atoms with Crippen molar-refractivity contribution < 1.29 is 4.74 Å². The average Bonchev–Trinajstić information content (AvgIpc) is 3.29. The Balaban J connectivity index is 0.000000937. The lowest BCUT2D eigenvalue weighted by molar-refractivity contribution is -0.00746. The highest BCUT2D eigenvalue weighted by Gasteiger charge is 2.43. The van der Waals surface area contributed by atoms with Crippen LogP contribution in [0, 0.1) is 0 Å². The first-order valence-electron chi connectivity index (χ1n) is 11.7. The maximum atomic E-state index is 6.54. The molecule has 0 bridgehead atoms. The summed E-state index contributed by atoms with van der Waals surface area (Å²) < 4.78 is 8.49. The second kappa shape index (κ2) is 7.73. The number of hydrogen-bond acceptors (Lipinski definition) is 3. The first kappa shape index (κ1) is 19.6.